The van der Waals surface area contributed by atoms with Crippen LogP contribution in [0.3, 0.4) is 0 Å². The molecule has 0 aliphatic carbocycles. The monoisotopic (exact) mass is 251 g/mol. The van der Waals surface area contributed by atoms with Crippen LogP contribution in [0, 0.1) is 5.92 Å². The number of hydrazine groups is 1. The molecule has 2 aromatic heterocycles. The summed E-state index contributed by atoms with van der Waals surface area (Å²) >= 11 is 1.58. The normalized spacial score (nSPS) is 12.6. The van der Waals surface area contributed by atoms with Crippen molar-refractivity contribution in [1.29, 1.82) is 0 Å². The van der Waals surface area contributed by atoms with E-state index in [1.807, 2.05) is 11.4 Å². The highest BCUT2D eigenvalue weighted by Crippen LogP contribution is 2.26. The number of nitrogens with one attached hydrogen (secondary N) is 2. The van der Waals surface area contributed by atoms with Crippen molar-refractivity contribution in [2.45, 2.75) is 20.3 Å². The second-order valence-corrected chi connectivity index (χ2v) is 4.97. The highest BCUT2D eigenvalue weighted by atomic mass is 32.1. The van der Waals surface area contributed by atoms with E-state index in [1.165, 1.54) is 0 Å². The molecule has 0 radical (unpaired) electrons. The van der Waals surface area contributed by atoms with Crippen molar-refractivity contribution in [3.8, 4) is 0 Å². The zero-order valence-electron chi connectivity index (χ0n) is 10.0. The molecular formula is C11H17N5S. The lowest BCUT2D eigenvalue weighted by molar-refractivity contribution is 0.593. The van der Waals surface area contributed by atoms with E-state index in [0.717, 1.165) is 29.0 Å². The third-order valence-corrected chi connectivity index (χ3v) is 3.58. The van der Waals surface area contributed by atoms with Gasteiger partial charge in [0, 0.05) is 6.54 Å². The first-order chi connectivity index (χ1) is 8.24. The lowest BCUT2D eigenvalue weighted by Gasteiger charge is -2.12. The summed E-state index contributed by atoms with van der Waals surface area (Å²) in [5.74, 6) is 7.28. The van der Waals surface area contributed by atoms with Crippen molar-refractivity contribution < 1.29 is 0 Å². The molecule has 0 saturated heterocycles. The minimum Gasteiger partial charge on any atom is -0.369 e. The van der Waals surface area contributed by atoms with Crippen LogP contribution in [0.5, 0.6) is 0 Å². The molecule has 92 valence electrons. The third kappa shape index (κ3) is 2.65. The molecule has 0 aliphatic rings. The van der Waals surface area contributed by atoms with Crippen LogP contribution in [0.25, 0.3) is 10.2 Å². The van der Waals surface area contributed by atoms with Crippen LogP contribution in [0.2, 0.25) is 0 Å². The Morgan fingerprint density at radius 2 is 2.29 bits per heavy atom. The van der Waals surface area contributed by atoms with Crippen LogP contribution in [0.15, 0.2) is 11.4 Å². The fourth-order valence-corrected chi connectivity index (χ4v) is 2.23. The van der Waals surface area contributed by atoms with Crippen molar-refractivity contribution >= 4 is 33.3 Å². The number of fused-ring (bicyclic) bond motifs is 1. The summed E-state index contributed by atoms with van der Waals surface area (Å²) in [5, 5.41) is 6.42. The average Bonchev–Trinajstić information content (AvgIpc) is 2.83. The Balaban J connectivity index is 2.27. The number of nitrogen functional groups attached to an aromatic ring is 1. The number of hydrogen-bond donors (Lipinski definition) is 3. The van der Waals surface area contributed by atoms with Crippen LogP contribution in [-0.4, -0.2) is 16.5 Å². The molecule has 2 heterocycles. The number of nitrogens with two attached hydrogens (primary N) is 1. The molecule has 0 bridgehead atoms. The predicted octanol–water partition coefficient (Wildman–Crippen LogP) is 2.43. The zero-order valence-corrected chi connectivity index (χ0v) is 10.8. The number of hydrogen-bond acceptors (Lipinski definition) is 6. The smallest absolute Gasteiger partial charge is 0.240 e. The average molecular weight is 251 g/mol. The lowest BCUT2D eigenvalue weighted by atomic mass is 10.1. The maximum absolute atomic E-state index is 5.36. The van der Waals surface area contributed by atoms with Crippen molar-refractivity contribution in [2.24, 2.45) is 11.8 Å². The van der Waals surface area contributed by atoms with Gasteiger partial charge in [0.2, 0.25) is 5.95 Å². The van der Waals surface area contributed by atoms with Gasteiger partial charge in [-0.2, -0.15) is 4.98 Å². The van der Waals surface area contributed by atoms with Gasteiger partial charge in [-0.05, 0) is 17.4 Å². The first kappa shape index (κ1) is 12.1. The van der Waals surface area contributed by atoms with E-state index in [-0.39, 0.29) is 0 Å². The highest BCUT2D eigenvalue weighted by molar-refractivity contribution is 7.16. The van der Waals surface area contributed by atoms with Gasteiger partial charge in [-0.1, -0.05) is 20.3 Å². The molecule has 0 aromatic carbocycles. The Hall–Kier alpha value is -1.40. The number of aromatic nitrogens is 2. The molecule has 0 fully saturated rings. The quantitative estimate of drug-likeness (QED) is 0.562. The molecule has 4 N–H and O–H groups in total. The fourth-order valence-electron chi connectivity index (χ4n) is 1.47. The van der Waals surface area contributed by atoms with Gasteiger partial charge < -0.3 is 5.32 Å². The van der Waals surface area contributed by atoms with Crippen LogP contribution in [0.1, 0.15) is 20.3 Å². The van der Waals surface area contributed by atoms with Crippen LogP contribution in [0.4, 0.5) is 11.8 Å². The molecule has 2 rings (SSSR count). The van der Waals surface area contributed by atoms with E-state index in [1.54, 1.807) is 11.3 Å². The summed E-state index contributed by atoms with van der Waals surface area (Å²) in [7, 11) is 0. The summed E-state index contributed by atoms with van der Waals surface area (Å²) in [4.78, 5) is 9.58. The number of nitrogens with zero attached hydrogens (tertiary/aromatic N) is 2. The maximum Gasteiger partial charge on any atom is 0.240 e. The van der Waals surface area contributed by atoms with Gasteiger partial charge in [0.1, 0.15) is 10.6 Å². The topological polar surface area (TPSA) is 75.9 Å². The second kappa shape index (κ2) is 5.29. The fraction of sp³-hybridized carbons (Fsp3) is 0.455. The minimum atomic E-state index is 0.451. The van der Waals surface area contributed by atoms with Gasteiger partial charge in [-0.25, -0.2) is 10.8 Å². The summed E-state index contributed by atoms with van der Waals surface area (Å²) in [6, 6.07) is 2.03. The van der Waals surface area contributed by atoms with E-state index in [0.29, 0.717) is 11.9 Å². The molecule has 1 unspecified atom stereocenters. The molecule has 0 spiro atoms. The van der Waals surface area contributed by atoms with E-state index in [9.17, 15) is 0 Å². The van der Waals surface area contributed by atoms with Crippen LogP contribution >= 0.6 is 11.3 Å². The summed E-state index contributed by atoms with van der Waals surface area (Å²) < 4.78 is 0. The molecule has 0 saturated carbocycles. The third-order valence-electron chi connectivity index (χ3n) is 2.77. The van der Waals surface area contributed by atoms with Gasteiger partial charge in [0.15, 0.2) is 0 Å². The first-order valence-corrected chi connectivity index (χ1v) is 6.58. The van der Waals surface area contributed by atoms with E-state index in [2.05, 4.69) is 34.6 Å². The molecule has 0 amide bonds. The van der Waals surface area contributed by atoms with Gasteiger partial charge in [-0.3, -0.25) is 5.43 Å². The van der Waals surface area contributed by atoms with Gasteiger partial charge in [0.05, 0.1) is 5.39 Å². The van der Waals surface area contributed by atoms with Gasteiger partial charge in [-0.15, -0.1) is 11.3 Å². The molecule has 2 aromatic rings. The Bertz CT molecular complexity index is 496. The highest BCUT2D eigenvalue weighted by Gasteiger charge is 2.08. The summed E-state index contributed by atoms with van der Waals surface area (Å²) in [6.45, 7) is 5.29. The van der Waals surface area contributed by atoms with E-state index >= 15 is 0 Å². The maximum atomic E-state index is 5.36. The summed E-state index contributed by atoms with van der Waals surface area (Å²) in [6.07, 6.45) is 1.15. The lowest BCUT2D eigenvalue weighted by Crippen LogP contribution is -2.14. The van der Waals surface area contributed by atoms with E-state index in [4.69, 9.17) is 5.84 Å². The molecule has 17 heavy (non-hydrogen) atoms. The Kier molecular flexibility index (Phi) is 3.75. The number of thiophene rings is 1. The zero-order chi connectivity index (χ0) is 12.3. The van der Waals surface area contributed by atoms with Gasteiger partial charge in [0.25, 0.3) is 0 Å². The largest absolute Gasteiger partial charge is 0.369 e. The Labute approximate surface area is 104 Å². The molecule has 5 nitrogen and oxygen atoms in total. The number of rotatable bonds is 5. The van der Waals surface area contributed by atoms with Crippen molar-refractivity contribution in [3.05, 3.63) is 11.4 Å². The summed E-state index contributed by atoms with van der Waals surface area (Å²) in [5.41, 5.74) is 2.50. The van der Waals surface area contributed by atoms with Crippen LogP contribution < -0.4 is 16.6 Å². The standard InChI is InChI=1S/C11H17N5S/c1-3-7(2)6-13-9-8-4-5-17-10(8)15-11(14-9)16-12/h4-5,7H,3,6,12H2,1-2H3,(H2,13,14,15,16). The van der Waals surface area contributed by atoms with Crippen molar-refractivity contribution in [2.75, 3.05) is 17.3 Å². The van der Waals surface area contributed by atoms with E-state index < -0.39 is 0 Å². The molecule has 1 atom stereocenters. The Morgan fingerprint density at radius 1 is 1.47 bits per heavy atom. The second-order valence-electron chi connectivity index (χ2n) is 4.07. The SMILES string of the molecule is CCC(C)CNc1nc(NN)nc2sccc12. The predicted molar refractivity (Wildman–Crippen MR) is 73.2 cm³/mol. The first-order valence-electron chi connectivity index (χ1n) is 5.70. The van der Waals surface area contributed by atoms with Crippen molar-refractivity contribution in [3.63, 3.8) is 0 Å². The molecule has 6 heteroatoms. The van der Waals surface area contributed by atoms with Crippen molar-refractivity contribution in [1.82, 2.24) is 9.97 Å². The number of anilines is 2. The minimum absolute atomic E-state index is 0.451. The van der Waals surface area contributed by atoms with Gasteiger partial charge >= 0.3 is 0 Å². The molecule has 0 aliphatic heterocycles. The molecular weight excluding hydrogens is 234 g/mol. The van der Waals surface area contributed by atoms with Crippen LogP contribution in [-0.2, 0) is 0 Å². The Morgan fingerprint density at radius 3 is 3.00 bits per heavy atom.